The zero-order chi connectivity index (χ0) is 12.7. The van der Waals surface area contributed by atoms with E-state index in [-0.39, 0.29) is 6.61 Å². The molecule has 0 heterocycles. The van der Waals surface area contributed by atoms with E-state index >= 15 is 0 Å². The van der Waals surface area contributed by atoms with Crippen LogP contribution in [0.15, 0.2) is 24.3 Å². The molecule has 0 fully saturated rings. The van der Waals surface area contributed by atoms with Gasteiger partial charge in [0.25, 0.3) is 5.91 Å². The number of rotatable bonds is 7. The highest BCUT2D eigenvalue weighted by Crippen LogP contribution is 2.15. The Kier molecular flexibility index (Phi) is 5.33. The van der Waals surface area contributed by atoms with E-state index in [2.05, 4.69) is 19.2 Å². The molecule has 4 heteroatoms. The van der Waals surface area contributed by atoms with Gasteiger partial charge in [0.2, 0.25) is 0 Å². The molecular formula is C13H20N2O2. The fraction of sp³-hybridized carbons (Fsp3) is 0.462. The van der Waals surface area contributed by atoms with Gasteiger partial charge in [-0.05, 0) is 36.6 Å². The lowest BCUT2D eigenvalue weighted by Gasteiger charge is -2.09. The smallest absolute Gasteiger partial charge is 0.255 e. The number of ether oxygens (including phenoxy) is 1. The molecule has 3 N–H and O–H groups in total. The lowest BCUT2D eigenvalue weighted by Crippen LogP contribution is -2.19. The summed E-state index contributed by atoms with van der Waals surface area (Å²) in [5, 5.41) is 3.32. The van der Waals surface area contributed by atoms with E-state index in [9.17, 15) is 4.79 Å². The Morgan fingerprint density at radius 3 is 2.53 bits per heavy atom. The van der Waals surface area contributed by atoms with Crippen LogP contribution in [0.25, 0.3) is 0 Å². The van der Waals surface area contributed by atoms with E-state index in [0.29, 0.717) is 11.7 Å². The van der Waals surface area contributed by atoms with Crippen LogP contribution in [0.1, 0.15) is 20.3 Å². The van der Waals surface area contributed by atoms with Crippen molar-refractivity contribution in [2.45, 2.75) is 20.3 Å². The van der Waals surface area contributed by atoms with Crippen LogP contribution in [0.2, 0.25) is 0 Å². The minimum Gasteiger partial charge on any atom is -0.484 e. The first-order chi connectivity index (χ1) is 8.08. The quantitative estimate of drug-likeness (QED) is 0.761. The van der Waals surface area contributed by atoms with Crippen molar-refractivity contribution in [1.29, 1.82) is 0 Å². The molecule has 0 atom stereocenters. The third kappa shape index (κ3) is 5.80. The fourth-order valence-corrected chi connectivity index (χ4v) is 1.33. The normalized spacial score (nSPS) is 10.3. The third-order valence-corrected chi connectivity index (χ3v) is 2.29. The van der Waals surface area contributed by atoms with Crippen LogP contribution in [0.5, 0.6) is 5.75 Å². The number of amides is 1. The number of carbonyl (C=O) groups is 1. The van der Waals surface area contributed by atoms with Crippen LogP contribution in [0, 0.1) is 5.92 Å². The van der Waals surface area contributed by atoms with Gasteiger partial charge in [-0.25, -0.2) is 0 Å². The van der Waals surface area contributed by atoms with E-state index in [4.69, 9.17) is 10.5 Å². The molecule has 0 aromatic heterocycles. The molecule has 4 nitrogen and oxygen atoms in total. The summed E-state index contributed by atoms with van der Waals surface area (Å²) in [6, 6.07) is 7.49. The third-order valence-electron chi connectivity index (χ3n) is 2.29. The van der Waals surface area contributed by atoms with Crippen molar-refractivity contribution in [3.8, 4) is 5.75 Å². The predicted octanol–water partition coefficient (Wildman–Crippen LogP) is 2.01. The Hall–Kier alpha value is -1.71. The molecule has 17 heavy (non-hydrogen) atoms. The minimum absolute atomic E-state index is 0.0832. The molecule has 1 amide bonds. The van der Waals surface area contributed by atoms with Gasteiger partial charge in [0.05, 0.1) is 0 Å². The van der Waals surface area contributed by atoms with Crippen molar-refractivity contribution >= 4 is 11.6 Å². The van der Waals surface area contributed by atoms with Gasteiger partial charge in [-0.2, -0.15) is 0 Å². The molecule has 0 bridgehead atoms. The second kappa shape index (κ2) is 6.78. The monoisotopic (exact) mass is 236 g/mol. The Balaban J connectivity index is 2.36. The fourth-order valence-electron chi connectivity index (χ4n) is 1.33. The summed E-state index contributed by atoms with van der Waals surface area (Å²) in [7, 11) is 0. The van der Waals surface area contributed by atoms with Gasteiger partial charge in [0.15, 0.2) is 6.61 Å². The highest BCUT2D eigenvalue weighted by molar-refractivity contribution is 5.75. The summed E-state index contributed by atoms with van der Waals surface area (Å²) < 4.78 is 5.16. The minimum atomic E-state index is -0.468. The van der Waals surface area contributed by atoms with Gasteiger partial charge in [0, 0.05) is 12.2 Å². The highest BCUT2D eigenvalue weighted by Gasteiger charge is 1.98. The van der Waals surface area contributed by atoms with Gasteiger partial charge in [-0.15, -0.1) is 0 Å². The molecule has 0 unspecified atom stereocenters. The first-order valence-electron chi connectivity index (χ1n) is 5.83. The maximum absolute atomic E-state index is 10.5. The van der Waals surface area contributed by atoms with Crippen molar-refractivity contribution in [2.75, 3.05) is 18.5 Å². The molecule has 0 spiro atoms. The van der Waals surface area contributed by atoms with E-state index in [0.717, 1.165) is 18.7 Å². The van der Waals surface area contributed by atoms with Gasteiger partial charge in [-0.1, -0.05) is 13.8 Å². The number of hydrogen-bond donors (Lipinski definition) is 2. The lowest BCUT2D eigenvalue weighted by molar-refractivity contribution is -0.119. The number of anilines is 1. The first-order valence-corrected chi connectivity index (χ1v) is 5.83. The summed E-state index contributed by atoms with van der Waals surface area (Å²) >= 11 is 0. The molecule has 0 saturated carbocycles. The maximum Gasteiger partial charge on any atom is 0.255 e. The Labute approximate surface area is 102 Å². The summed E-state index contributed by atoms with van der Waals surface area (Å²) in [6.07, 6.45) is 1.14. The van der Waals surface area contributed by atoms with Crippen LogP contribution < -0.4 is 15.8 Å². The Morgan fingerprint density at radius 2 is 2.00 bits per heavy atom. The van der Waals surface area contributed by atoms with Crippen LogP contribution in [-0.2, 0) is 4.79 Å². The summed E-state index contributed by atoms with van der Waals surface area (Å²) in [6.45, 7) is 5.27. The topological polar surface area (TPSA) is 64.3 Å². The Bertz CT molecular complexity index is 347. The molecular weight excluding hydrogens is 216 g/mol. The van der Waals surface area contributed by atoms with Crippen molar-refractivity contribution in [2.24, 2.45) is 11.7 Å². The molecule has 0 saturated heterocycles. The summed E-state index contributed by atoms with van der Waals surface area (Å²) in [5.74, 6) is 0.878. The second-order valence-corrected chi connectivity index (χ2v) is 4.39. The number of carbonyl (C=O) groups excluding carboxylic acids is 1. The van der Waals surface area contributed by atoms with Gasteiger partial charge in [-0.3, -0.25) is 4.79 Å². The molecule has 0 radical (unpaired) electrons. The molecule has 1 aromatic carbocycles. The van der Waals surface area contributed by atoms with Crippen molar-refractivity contribution in [1.82, 2.24) is 0 Å². The molecule has 94 valence electrons. The van der Waals surface area contributed by atoms with Gasteiger partial charge < -0.3 is 15.8 Å². The number of primary amides is 1. The first kappa shape index (κ1) is 13.4. The zero-order valence-corrected chi connectivity index (χ0v) is 10.4. The van der Waals surface area contributed by atoms with Crippen molar-refractivity contribution in [3.05, 3.63) is 24.3 Å². The van der Waals surface area contributed by atoms with E-state index in [1.54, 1.807) is 0 Å². The van der Waals surface area contributed by atoms with E-state index in [1.165, 1.54) is 0 Å². The summed E-state index contributed by atoms with van der Waals surface area (Å²) in [5.41, 5.74) is 6.04. The number of nitrogens with two attached hydrogens (primary N) is 1. The lowest BCUT2D eigenvalue weighted by atomic mass is 10.1. The largest absolute Gasteiger partial charge is 0.484 e. The average Bonchev–Trinajstić information content (AvgIpc) is 2.27. The number of hydrogen-bond acceptors (Lipinski definition) is 3. The zero-order valence-electron chi connectivity index (χ0n) is 10.4. The maximum atomic E-state index is 10.5. The van der Waals surface area contributed by atoms with Crippen LogP contribution >= 0.6 is 0 Å². The average molecular weight is 236 g/mol. The predicted molar refractivity (Wildman–Crippen MR) is 69.1 cm³/mol. The Morgan fingerprint density at radius 1 is 1.35 bits per heavy atom. The van der Waals surface area contributed by atoms with E-state index < -0.39 is 5.91 Å². The molecule has 0 aliphatic heterocycles. The highest BCUT2D eigenvalue weighted by atomic mass is 16.5. The van der Waals surface area contributed by atoms with Crippen molar-refractivity contribution < 1.29 is 9.53 Å². The van der Waals surface area contributed by atoms with Crippen LogP contribution in [0.3, 0.4) is 0 Å². The molecule has 0 aliphatic carbocycles. The van der Waals surface area contributed by atoms with Gasteiger partial charge in [0.1, 0.15) is 5.75 Å². The number of benzene rings is 1. The SMILES string of the molecule is CC(C)CCNc1ccc(OCC(N)=O)cc1. The second-order valence-electron chi connectivity index (χ2n) is 4.39. The molecule has 1 rings (SSSR count). The van der Waals surface area contributed by atoms with Crippen LogP contribution in [-0.4, -0.2) is 19.1 Å². The van der Waals surface area contributed by atoms with Crippen LogP contribution in [0.4, 0.5) is 5.69 Å². The summed E-state index contributed by atoms with van der Waals surface area (Å²) in [4.78, 5) is 10.5. The molecule has 0 aliphatic rings. The van der Waals surface area contributed by atoms with Gasteiger partial charge >= 0.3 is 0 Å². The van der Waals surface area contributed by atoms with Crippen molar-refractivity contribution in [3.63, 3.8) is 0 Å². The standard InChI is InChI=1S/C13H20N2O2/c1-10(2)7-8-15-11-3-5-12(6-4-11)17-9-13(14)16/h3-6,10,15H,7-9H2,1-2H3,(H2,14,16). The molecule has 1 aromatic rings. The van der Waals surface area contributed by atoms with E-state index in [1.807, 2.05) is 24.3 Å². The number of nitrogens with one attached hydrogen (secondary N) is 1.